The minimum absolute atomic E-state index is 0.265. The van der Waals surface area contributed by atoms with Crippen molar-refractivity contribution in [3.63, 3.8) is 0 Å². The summed E-state index contributed by atoms with van der Waals surface area (Å²) in [6, 6.07) is 0. The van der Waals surface area contributed by atoms with Crippen molar-refractivity contribution >= 4 is 0 Å². The van der Waals surface area contributed by atoms with Gasteiger partial charge in [0.25, 0.3) is 0 Å². The van der Waals surface area contributed by atoms with Gasteiger partial charge in [-0.05, 0) is 0 Å². The summed E-state index contributed by atoms with van der Waals surface area (Å²) in [5, 5.41) is 57.2. The molecule has 0 aliphatic carbocycles. The molecule has 8 heteroatoms. The van der Waals surface area contributed by atoms with Crippen molar-refractivity contribution in [3.8, 4) is 0 Å². The maximum Gasteiger partial charge on any atom is 0.178 e. The van der Waals surface area contributed by atoms with E-state index < -0.39 is 55.6 Å². The van der Waals surface area contributed by atoms with Crippen molar-refractivity contribution in [3.05, 3.63) is 0 Å². The van der Waals surface area contributed by atoms with E-state index in [-0.39, 0.29) is 6.42 Å². The van der Waals surface area contributed by atoms with Gasteiger partial charge in [-0.15, -0.1) is 0 Å². The van der Waals surface area contributed by atoms with Gasteiger partial charge in [-0.1, -0.05) is 0 Å². The highest BCUT2D eigenvalue weighted by Crippen LogP contribution is 2.42. The smallest absolute Gasteiger partial charge is 0.178 e. The number of rotatable bonds is 3. The summed E-state index contributed by atoms with van der Waals surface area (Å²) in [4.78, 5) is 0. The Morgan fingerprint density at radius 2 is 1.67 bits per heavy atom. The standard InChI is InChI=1S/C10H18O8/c11-2-5-4(13)1-10(16,18-5)7-8(14)6(3-12)17-9(7)15/h4-9,11-16H,1-3H2/t4-,5+,6+,7?,8+,9-,10+/m0/s1. The fourth-order valence-electron chi connectivity index (χ4n) is 2.58. The Morgan fingerprint density at radius 3 is 2.11 bits per heavy atom. The quantitative estimate of drug-likeness (QED) is 0.309. The van der Waals surface area contributed by atoms with Crippen molar-refractivity contribution in [2.24, 2.45) is 5.92 Å². The van der Waals surface area contributed by atoms with Crippen LogP contribution in [0.15, 0.2) is 0 Å². The lowest BCUT2D eigenvalue weighted by Gasteiger charge is -2.32. The molecule has 106 valence electrons. The number of aliphatic hydroxyl groups is 6. The maximum absolute atomic E-state index is 10.2. The lowest BCUT2D eigenvalue weighted by molar-refractivity contribution is -0.267. The highest BCUT2D eigenvalue weighted by Gasteiger charge is 2.59. The monoisotopic (exact) mass is 266 g/mol. The Balaban J connectivity index is 2.16. The highest BCUT2D eigenvalue weighted by molar-refractivity contribution is 4.99. The first-order chi connectivity index (χ1) is 8.42. The summed E-state index contributed by atoms with van der Waals surface area (Å²) >= 11 is 0. The zero-order valence-electron chi connectivity index (χ0n) is 9.59. The molecule has 7 atom stereocenters. The molecule has 2 fully saturated rings. The summed E-state index contributed by atoms with van der Waals surface area (Å²) in [6.45, 7) is -1.01. The van der Waals surface area contributed by atoms with E-state index in [2.05, 4.69) is 0 Å². The van der Waals surface area contributed by atoms with Crippen LogP contribution in [0.5, 0.6) is 0 Å². The Labute approximate surface area is 103 Å². The van der Waals surface area contributed by atoms with Gasteiger partial charge in [0, 0.05) is 6.42 Å². The normalized spacial score (nSPS) is 53.0. The lowest BCUT2D eigenvalue weighted by Crippen LogP contribution is -2.48. The van der Waals surface area contributed by atoms with Crippen LogP contribution in [0.3, 0.4) is 0 Å². The number of hydrogen-bond donors (Lipinski definition) is 6. The molecular formula is C10H18O8. The van der Waals surface area contributed by atoms with Crippen LogP contribution >= 0.6 is 0 Å². The zero-order valence-corrected chi connectivity index (χ0v) is 9.59. The van der Waals surface area contributed by atoms with Crippen molar-refractivity contribution in [2.45, 2.75) is 42.9 Å². The third-order valence-electron chi connectivity index (χ3n) is 3.54. The van der Waals surface area contributed by atoms with Crippen molar-refractivity contribution in [2.75, 3.05) is 13.2 Å². The minimum atomic E-state index is -2.00. The van der Waals surface area contributed by atoms with E-state index in [1.807, 2.05) is 0 Å². The summed E-state index contributed by atoms with van der Waals surface area (Å²) in [5.74, 6) is -3.23. The molecule has 2 aliphatic heterocycles. The van der Waals surface area contributed by atoms with Gasteiger partial charge in [-0.2, -0.15) is 0 Å². The van der Waals surface area contributed by atoms with Gasteiger partial charge in [-0.3, -0.25) is 0 Å². The largest absolute Gasteiger partial charge is 0.394 e. The topological polar surface area (TPSA) is 140 Å². The SMILES string of the molecule is OC[C@H]1O[C@@](O)(C2[C@@H](O)O[C@H](CO)[C@H]2O)C[C@@H]1O. The molecule has 2 heterocycles. The van der Waals surface area contributed by atoms with E-state index >= 15 is 0 Å². The molecule has 2 aliphatic rings. The van der Waals surface area contributed by atoms with E-state index in [1.165, 1.54) is 0 Å². The van der Waals surface area contributed by atoms with Gasteiger partial charge in [0.15, 0.2) is 12.1 Å². The molecule has 2 rings (SSSR count). The first kappa shape index (κ1) is 14.1. The first-order valence-corrected chi connectivity index (χ1v) is 5.74. The molecule has 0 aromatic rings. The second-order valence-electron chi connectivity index (χ2n) is 4.72. The van der Waals surface area contributed by atoms with E-state index in [0.29, 0.717) is 0 Å². The average molecular weight is 266 g/mol. The van der Waals surface area contributed by atoms with Gasteiger partial charge in [0.05, 0.1) is 31.3 Å². The fourth-order valence-corrected chi connectivity index (χ4v) is 2.58. The predicted octanol–water partition coefficient (Wildman–Crippen LogP) is -3.50. The van der Waals surface area contributed by atoms with Crippen molar-refractivity contribution in [1.29, 1.82) is 0 Å². The van der Waals surface area contributed by atoms with E-state index in [9.17, 15) is 20.4 Å². The van der Waals surface area contributed by atoms with Crippen LogP contribution in [0.1, 0.15) is 6.42 Å². The van der Waals surface area contributed by atoms with Gasteiger partial charge < -0.3 is 40.1 Å². The molecule has 0 aromatic heterocycles. The molecule has 0 radical (unpaired) electrons. The van der Waals surface area contributed by atoms with E-state index in [0.717, 1.165) is 0 Å². The molecule has 0 saturated carbocycles. The first-order valence-electron chi connectivity index (χ1n) is 5.74. The van der Waals surface area contributed by atoms with Gasteiger partial charge in [0.1, 0.15) is 12.2 Å². The molecule has 0 amide bonds. The number of aliphatic hydroxyl groups excluding tert-OH is 5. The van der Waals surface area contributed by atoms with Crippen LogP contribution in [-0.2, 0) is 9.47 Å². The summed E-state index contributed by atoms with van der Waals surface area (Å²) in [7, 11) is 0. The molecule has 2 saturated heterocycles. The van der Waals surface area contributed by atoms with Crippen LogP contribution in [0, 0.1) is 5.92 Å². The molecule has 0 bridgehead atoms. The van der Waals surface area contributed by atoms with Gasteiger partial charge >= 0.3 is 0 Å². The average Bonchev–Trinajstić information content (AvgIpc) is 2.76. The van der Waals surface area contributed by atoms with Crippen LogP contribution in [0.2, 0.25) is 0 Å². The van der Waals surface area contributed by atoms with Crippen molar-refractivity contribution in [1.82, 2.24) is 0 Å². The second kappa shape index (κ2) is 4.99. The fraction of sp³-hybridized carbons (Fsp3) is 1.00. The lowest BCUT2D eigenvalue weighted by atomic mass is 9.89. The summed E-state index contributed by atoms with van der Waals surface area (Å²) in [5.41, 5.74) is 0. The molecular weight excluding hydrogens is 248 g/mol. The van der Waals surface area contributed by atoms with Crippen LogP contribution in [0.4, 0.5) is 0 Å². The molecule has 6 N–H and O–H groups in total. The third kappa shape index (κ3) is 2.15. The number of hydrogen-bond acceptors (Lipinski definition) is 8. The van der Waals surface area contributed by atoms with Crippen molar-refractivity contribution < 1.29 is 40.1 Å². The second-order valence-corrected chi connectivity index (χ2v) is 4.72. The summed E-state index contributed by atoms with van der Waals surface area (Å²) < 4.78 is 9.99. The molecule has 0 aromatic carbocycles. The van der Waals surface area contributed by atoms with Crippen LogP contribution in [0.25, 0.3) is 0 Å². The Hall–Kier alpha value is -0.320. The molecule has 1 unspecified atom stereocenters. The number of ether oxygens (including phenoxy) is 2. The van der Waals surface area contributed by atoms with Gasteiger partial charge in [0.2, 0.25) is 0 Å². The highest BCUT2D eigenvalue weighted by atomic mass is 16.7. The maximum atomic E-state index is 10.2. The Morgan fingerprint density at radius 1 is 1.06 bits per heavy atom. The summed E-state index contributed by atoms with van der Waals surface area (Å²) in [6.07, 6.45) is -6.23. The molecule has 8 nitrogen and oxygen atoms in total. The molecule has 0 spiro atoms. The third-order valence-corrected chi connectivity index (χ3v) is 3.54. The molecule has 18 heavy (non-hydrogen) atoms. The Kier molecular flexibility index (Phi) is 3.90. The van der Waals surface area contributed by atoms with Crippen LogP contribution in [-0.4, -0.2) is 80.3 Å². The van der Waals surface area contributed by atoms with E-state index in [4.69, 9.17) is 19.7 Å². The minimum Gasteiger partial charge on any atom is -0.394 e. The van der Waals surface area contributed by atoms with E-state index in [1.54, 1.807) is 0 Å². The zero-order chi connectivity index (χ0) is 13.5. The van der Waals surface area contributed by atoms with Crippen LogP contribution < -0.4 is 0 Å². The van der Waals surface area contributed by atoms with Gasteiger partial charge in [-0.25, -0.2) is 0 Å². The predicted molar refractivity (Wildman–Crippen MR) is 55.0 cm³/mol. The Bertz CT molecular complexity index is 300.